The maximum atomic E-state index is 13.2. The number of aromatic nitrogens is 3. The molecule has 10 heteroatoms. The van der Waals surface area contributed by atoms with E-state index in [9.17, 15) is 9.18 Å². The van der Waals surface area contributed by atoms with E-state index in [4.69, 9.17) is 16.6 Å². The molecular formula is C23H23Cl2FN4OS2. The lowest BCUT2D eigenvalue weighted by Crippen LogP contribution is -2.32. The second-order valence-corrected chi connectivity index (χ2v) is 9.93. The van der Waals surface area contributed by atoms with Gasteiger partial charge in [-0.1, -0.05) is 22.9 Å². The Kier molecular flexibility index (Phi) is 9.14. The highest BCUT2D eigenvalue weighted by Gasteiger charge is 2.20. The van der Waals surface area contributed by atoms with Crippen LogP contribution in [-0.4, -0.2) is 32.7 Å². The average Bonchev–Trinajstić information content (AvgIpc) is 3.42. The molecule has 2 aromatic heterocycles. The summed E-state index contributed by atoms with van der Waals surface area (Å²) in [5.74, 6) is 0.367. The summed E-state index contributed by atoms with van der Waals surface area (Å²) < 4.78 is 16.1. The molecule has 0 aliphatic heterocycles. The lowest BCUT2D eigenvalue weighted by Gasteiger charge is -2.20. The number of anilines is 1. The molecule has 0 fully saturated rings. The zero-order valence-electron chi connectivity index (χ0n) is 17.9. The van der Waals surface area contributed by atoms with Crippen molar-refractivity contribution in [3.63, 3.8) is 0 Å². The van der Waals surface area contributed by atoms with Gasteiger partial charge in [-0.15, -0.1) is 24.2 Å². The minimum absolute atomic E-state index is 0. The smallest absolute Gasteiger partial charge is 0.229 e. The van der Waals surface area contributed by atoms with Crippen molar-refractivity contribution in [2.45, 2.75) is 31.2 Å². The van der Waals surface area contributed by atoms with Crippen LogP contribution in [0.3, 0.4) is 0 Å². The molecule has 4 aromatic rings. The topological polar surface area (TPSA) is 51.0 Å². The molecule has 174 valence electrons. The highest BCUT2D eigenvalue weighted by Crippen LogP contribution is 2.33. The number of imidazole rings is 1. The van der Waals surface area contributed by atoms with Gasteiger partial charge in [-0.2, -0.15) is 0 Å². The number of aryl methyl sites for hydroxylation is 2. The number of amides is 1. The molecule has 0 unspecified atom stereocenters. The Morgan fingerprint density at radius 2 is 2.06 bits per heavy atom. The van der Waals surface area contributed by atoms with Gasteiger partial charge in [-0.05, 0) is 55.3 Å². The van der Waals surface area contributed by atoms with Gasteiger partial charge in [0.15, 0.2) is 5.13 Å². The van der Waals surface area contributed by atoms with E-state index in [-0.39, 0.29) is 24.1 Å². The molecule has 0 saturated heterocycles. The predicted octanol–water partition coefficient (Wildman–Crippen LogP) is 6.62. The predicted molar refractivity (Wildman–Crippen MR) is 138 cm³/mol. The third-order valence-corrected chi connectivity index (χ3v) is 7.18. The van der Waals surface area contributed by atoms with E-state index >= 15 is 0 Å². The molecule has 4 rings (SSSR count). The molecule has 0 aliphatic rings. The van der Waals surface area contributed by atoms with Crippen LogP contribution in [0.25, 0.3) is 10.2 Å². The molecule has 2 aromatic carbocycles. The number of nitrogens with zero attached hydrogens (tertiary/aromatic N) is 4. The Balaban J connectivity index is 0.00000306. The van der Waals surface area contributed by atoms with Gasteiger partial charge in [0.2, 0.25) is 5.91 Å². The lowest BCUT2D eigenvalue weighted by atomic mass is 10.2. The number of carbonyl (C=O) groups excluding carboxylic acids is 1. The lowest BCUT2D eigenvalue weighted by molar-refractivity contribution is -0.118. The summed E-state index contributed by atoms with van der Waals surface area (Å²) in [6.07, 6.45) is 6.57. The standard InChI is InChI=1S/C23H22ClFN4OS2.ClH/c1-16-13-17(24)14-20-22(16)27-23(32-20)29(10-2-9-28-11-8-26-15-28)21(30)7-12-31-19-5-3-18(25)4-6-19;/h3-6,8,11,13-15H,2,7,9-10,12H2,1H3;1H. The summed E-state index contributed by atoms with van der Waals surface area (Å²) in [5, 5.41) is 1.35. The Labute approximate surface area is 211 Å². The minimum atomic E-state index is -0.263. The van der Waals surface area contributed by atoms with E-state index in [0.717, 1.165) is 33.6 Å². The maximum absolute atomic E-state index is 13.2. The number of benzene rings is 2. The summed E-state index contributed by atoms with van der Waals surface area (Å²) in [6.45, 7) is 3.30. The summed E-state index contributed by atoms with van der Waals surface area (Å²) >= 11 is 9.24. The molecule has 33 heavy (non-hydrogen) atoms. The molecule has 0 aliphatic carbocycles. The van der Waals surface area contributed by atoms with Crippen molar-refractivity contribution in [3.05, 3.63) is 71.5 Å². The van der Waals surface area contributed by atoms with Crippen LogP contribution in [0.15, 0.2) is 60.0 Å². The van der Waals surface area contributed by atoms with Gasteiger partial charge < -0.3 is 4.57 Å². The first-order valence-electron chi connectivity index (χ1n) is 10.2. The van der Waals surface area contributed by atoms with Gasteiger partial charge in [0.1, 0.15) is 5.82 Å². The first-order valence-corrected chi connectivity index (χ1v) is 12.4. The van der Waals surface area contributed by atoms with E-state index in [0.29, 0.717) is 28.9 Å². The number of thiazole rings is 1. The second-order valence-electron chi connectivity index (χ2n) is 7.32. The van der Waals surface area contributed by atoms with E-state index in [1.807, 2.05) is 29.8 Å². The fraction of sp³-hybridized carbons (Fsp3) is 0.261. The molecule has 0 spiro atoms. The van der Waals surface area contributed by atoms with Crippen LogP contribution in [-0.2, 0) is 11.3 Å². The molecule has 0 atom stereocenters. The molecule has 1 amide bonds. The number of hydrogen-bond donors (Lipinski definition) is 0. The fourth-order valence-electron chi connectivity index (χ4n) is 3.34. The third kappa shape index (κ3) is 6.69. The van der Waals surface area contributed by atoms with Gasteiger partial charge >= 0.3 is 0 Å². The van der Waals surface area contributed by atoms with Crippen LogP contribution in [0.4, 0.5) is 9.52 Å². The molecule has 0 bridgehead atoms. The third-order valence-electron chi connectivity index (χ3n) is 4.93. The van der Waals surface area contributed by atoms with Crippen LogP contribution in [0.5, 0.6) is 0 Å². The molecule has 0 saturated carbocycles. The quantitative estimate of drug-likeness (QED) is 0.231. The Morgan fingerprint density at radius 3 is 2.79 bits per heavy atom. The van der Waals surface area contributed by atoms with Crippen LogP contribution in [0.2, 0.25) is 5.02 Å². The Morgan fingerprint density at radius 1 is 1.27 bits per heavy atom. The number of halogens is 3. The van der Waals surface area contributed by atoms with Crippen molar-refractivity contribution in [2.24, 2.45) is 0 Å². The highest BCUT2D eigenvalue weighted by molar-refractivity contribution is 7.99. The number of rotatable bonds is 9. The zero-order valence-corrected chi connectivity index (χ0v) is 21.1. The summed E-state index contributed by atoms with van der Waals surface area (Å²) in [7, 11) is 0. The number of hydrogen-bond acceptors (Lipinski definition) is 5. The van der Waals surface area contributed by atoms with Crippen molar-refractivity contribution in [1.82, 2.24) is 14.5 Å². The molecule has 0 N–H and O–H groups in total. The molecule has 5 nitrogen and oxygen atoms in total. The van der Waals surface area contributed by atoms with Gasteiger partial charge in [-0.25, -0.2) is 14.4 Å². The zero-order chi connectivity index (χ0) is 22.5. The van der Waals surface area contributed by atoms with E-state index in [2.05, 4.69) is 4.98 Å². The van der Waals surface area contributed by atoms with Crippen molar-refractivity contribution in [1.29, 1.82) is 0 Å². The normalized spacial score (nSPS) is 10.9. The number of thioether (sulfide) groups is 1. The maximum Gasteiger partial charge on any atom is 0.229 e. The SMILES string of the molecule is Cc1cc(Cl)cc2sc(N(CCCn3ccnc3)C(=O)CCSc3ccc(F)cc3)nc12.Cl. The van der Waals surface area contributed by atoms with Crippen molar-refractivity contribution < 1.29 is 9.18 Å². The van der Waals surface area contributed by atoms with Gasteiger partial charge in [0.25, 0.3) is 0 Å². The van der Waals surface area contributed by atoms with Crippen molar-refractivity contribution in [3.8, 4) is 0 Å². The molecule has 2 heterocycles. The summed E-state index contributed by atoms with van der Waals surface area (Å²) in [5.41, 5.74) is 1.87. The average molecular weight is 526 g/mol. The van der Waals surface area contributed by atoms with Crippen LogP contribution >= 0.6 is 47.1 Å². The van der Waals surface area contributed by atoms with Crippen molar-refractivity contribution >= 4 is 68.4 Å². The summed E-state index contributed by atoms with van der Waals surface area (Å²) in [6, 6.07) is 10.1. The monoisotopic (exact) mass is 524 g/mol. The molecular weight excluding hydrogens is 502 g/mol. The fourth-order valence-corrected chi connectivity index (χ4v) is 5.64. The number of fused-ring (bicyclic) bond motifs is 1. The Bertz CT molecular complexity index is 1200. The van der Waals surface area contributed by atoms with E-state index in [1.165, 1.54) is 23.5 Å². The van der Waals surface area contributed by atoms with Gasteiger partial charge in [0, 0.05) is 47.6 Å². The molecule has 0 radical (unpaired) electrons. The first kappa shape index (κ1) is 25.5. The van der Waals surface area contributed by atoms with E-state index < -0.39 is 0 Å². The van der Waals surface area contributed by atoms with E-state index in [1.54, 1.807) is 41.3 Å². The van der Waals surface area contributed by atoms with Gasteiger partial charge in [0.05, 0.1) is 16.5 Å². The number of carbonyl (C=O) groups is 1. The highest BCUT2D eigenvalue weighted by atomic mass is 35.5. The van der Waals surface area contributed by atoms with Crippen molar-refractivity contribution in [2.75, 3.05) is 17.2 Å². The minimum Gasteiger partial charge on any atom is -0.337 e. The van der Waals surface area contributed by atoms with Gasteiger partial charge in [-0.3, -0.25) is 9.69 Å². The van der Waals surface area contributed by atoms with Crippen LogP contribution < -0.4 is 4.90 Å². The van der Waals surface area contributed by atoms with Crippen LogP contribution in [0.1, 0.15) is 18.4 Å². The Hall–Kier alpha value is -2.13. The first-order chi connectivity index (χ1) is 15.5. The summed E-state index contributed by atoms with van der Waals surface area (Å²) in [4.78, 5) is 24.7. The largest absolute Gasteiger partial charge is 0.337 e. The second kappa shape index (κ2) is 11.8. The van der Waals surface area contributed by atoms with Crippen LogP contribution in [0, 0.1) is 12.7 Å².